The number of nitrogens with one attached hydrogen (secondary N) is 2. The maximum absolute atomic E-state index is 12.2. The number of ether oxygens (including phenoxy) is 2. The summed E-state index contributed by atoms with van der Waals surface area (Å²) in [5.74, 6) is 1.17. The van der Waals surface area contributed by atoms with Crippen molar-refractivity contribution >= 4 is 28.9 Å². The lowest BCUT2D eigenvalue weighted by atomic mass is 10.00. The fourth-order valence-corrected chi connectivity index (χ4v) is 6.12. The van der Waals surface area contributed by atoms with Crippen LogP contribution in [0.2, 0.25) is 0 Å². The molecule has 0 atom stereocenters. The predicted molar refractivity (Wildman–Crippen MR) is 158 cm³/mol. The van der Waals surface area contributed by atoms with Crippen molar-refractivity contribution in [1.29, 1.82) is 0 Å². The summed E-state index contributed by atoms with van der Waals surface area (Å²) in [6.45, 7) is 10.2. The molecule has 1 aromatic heterocycles. The van der Waals surface area contributed by atoms with Crippen LogP contribution in [-0.2, 0) is 11.2 Å². The summed E-state index contributed by atoms with van der Waals surface area (Å²) in [7, 11) is 3.93. The van der Waals surface area contributed by atoms with Crippen LogP contribution in [0.5, 0.6) is 5.75 Å². The Morgan fingerprint density at radius 3 is 2.48 bits per heavy atom. The minimum atomic E-state index is -0.627. The van der Waals surface area contributed by atoms with Crippen molar-refractivity contribution in [2.75, 3.05) is 82.2 Å². The van der Waals surface area contributed by atoms with Gasteiger partial charge in [-0.25, -0.2) is 9.97 Å². The average molecular weight is 553 g/mol. The first-order valence-electron chi connectivity index (χ1n) is 14.6. The Bertz CT molecular complexity index is 1160. The summed E-state index contributed by atoms with van der Waals surface area (Å²) in [6.07, 6.45) is 6.41. The van der Waals surface area contributed by atoms with Crippen molar-refractivity contribution in [3.63, 3.8) is 0 Å². The number of hydrogen-bond acceptors (Lipinski definition) is 10. The van der Waals surface area contributed by atoms with Gasteiger partial charge < -0.3 is 35.6 Å². The molecule has 218 valence electrons. The number of amides is 1. The zero-order valence-corrected chi connectivity index (χ0v) is 24.1. The highest BCUT2D eigenvalue weighted by Gasteiger charge is 2.29. The number of piperazine rings is 1. The molecular formula is C29H44N8O3. The minimum absolute atomic E-state index is 0.105. The average Bonchev–Trinajstić information content (AvgIpc) is 2.98. The van der Waals surface area contributed by atoms with Crippen LogP contribution in [0.1, 0.15) is 48.7 Å². The van der Waals surface area contributed by atoms with Crippen molar-refractivity contribution in [2.24, 2.45) is 5.73 Å². The lowest BCUT2D eigenvalue weighted by molar-refractivity contribution is 0.0904. The number of rotatable bonds is 9. The van der Waals surface area contributed by atoms with Gasteiger partial charge in [-0.3, -0.25) is 9.69 Å². The Morgan fingerprint density at radius 1 is 1.10 bits per heavy atom. The lowest BCUT2D eigenvalue weighted by Gasteiger charge is -2.43. The molecule has 1 amide bonds. The van der Waals surface area contributed by atoms with Gasteiger partial charge in [0.05, 0.1) is 19.0 Å². The first-order valence-corrected chi connectivity index (χ1v) is 14.6. The molecule has 1 aromatic carbocycles. The molecule has 2 aromatic rings. The fraction of sp³-hybridized carbons (Fsp3) is 0.621. The smallest absolute Gasteiger partial charge is 0.271 e. The molecule has 40 heavy (non-hydrogen) atoms. The second-order valence-corrected chi connectivity index (χ2v) is 11.0. The molecule has 0 spiro atoms. The van der Waals surface area contributed by atoms with Crippen LogP contribution < -0.4 is 26.0 Å². The number of aromatic nitrogens is 2. The molecule has 4 N–H and O–H groups in total. The Morgan fingerprint density at radius 2 is 1.82 bits per heavy atom. The van der Waals surface area contributed by atoms with E-state index in [9.17, 15) is 4.79 Å². The van der Waals surface area contributed by atoms with Gasteiger partial charge in [-0.05, 0) is 51.3 Å². The number of anilines is 4. The Kier molecular flexibility index (Phi) is 9.23. The standard InChI is InChI=1S/C29H44N8O3/c1-4-22-23(33-29-26(28(30)38)31-19-25(34-29)32-20-9-17-40-18-10-20)5-6-24(27(22)39-3)37-11-7-21(8-12-37)36-15-13-35(2)14-16-36/h5-6,19-21H,4,7-18H2,1-3H3,(H2,30,38)(H2,32,33,34). The molecule has 4 heterocycles. The highest BCUT2D eigenvalue weighted by molar-refractivity contribution is 5.96. The van der Waals surface area contributed by atoms with E-state index in [1.807, 2.05) is 6.07 Å². The Balaban J connectivity index is 1.34. The number of piperidine rings is 1. The van der Waals surface area contributed by atoms with E-state index in [4.69, 9.17) is 20.2 Å². The first kappa shape index (κ1) is 28.4. The number of nitrogens with zero attached hydrogens (tertiary/aromatic N) is 5. The number of nitrogens with two attached hydrogens (primary N) is 1. The van der Waals surface area contributed by atoms with Crippen LogP contribution in [0.4, 0.5) is 23.0 Å². The normalized spacial score (nSPS) is 19.9. The van der Waals surface area contributed by atoms with E-state index >= 15 is 0 Å². The van der Waals surface area contributed by atoms with Gasteiger partial charge >= 0.3 is 0 Å². The van der Waals surface area contributed by atoms with Crippen molar-refractivity contribution in [3.05, 3.63) is 29.6 Å². The van der Waals surface area contributed by atoms with Crippen molar-refractivity contribution in [1.82, 2.24) is 19.8 Å². The van der Waals surface area contributed by atoms with Gasteiger partial charge in [0.1, 0.15) is 11.6 Å². The summed E-state index contributed by atoms with van der Waals surface area (Å²) in [5, 5.41) is 6.78. The highest BCUT2D eigenvalue weighted by atomic mass is 16.5. The van der Waals surface area contributed by atoms with Gasteiger partial charge in [0.25, 0.3) is 5.91 Å². The van der Waals surface area contributed by atoms with E-state index in [0.29, 0.717) is 17.7 Å². The maximum atomic E-state index is 12.2. The van der Waals surface area contributed by atoms with Gasteiger partial charge in [-0.15, -0.1) is 0 Å². The summed E-state index contributed by atoms with van der Waals surface area (Å²) >= 11 is 0. The largest absolute Gasteiger partial charge is 0.494 e. The summed E-state index contributed by atoms with van der Waals surface area (Å²) < 4.78 is 11.5. The first-order chi connectivity index (χ1) is 19.5. The van der Waals surface area contributed by atoms with Gasteiger partial charge in [-0.1, -0.05) is 6.92 Å². The highest BCUT2D eigenvalue weighted by Crippen LogP contribution is 2.40. The number of carbonyl (C=O) groups excluding carboxylic acids is 1. The third kappa shape index (κ3) is 6.42. The zero-order valence-electron chi connectivity index (χ0n) is 24.1. The molecule has 0 unspecified atom stereocenters. The second kappa shape index (κ2) is 13.0. The monoisotopic (exact) mass is 552 g/mol. The molecule has 3 aliphatic heterocycles. The summed E-state index contributed by atoms with van der Waals surface area (Å²) in [6, 6.07) is 5.06. The quantitative estimate of drug-likeness (QED) is 0.428. The molecule has 0 saturated carbocycles. The van der Waals surface area contributed by atoms with Gasteiger partial charge in [0, 0.05) is 75.8 Å². The van der Waals surface area contributed by atoms with Crippen LogP contribution in [-0.4, -0.2) is 104 Å². The van der Waals surface area contributed by atoms with Gasteiger partial charge in [0.2, 0.25) is 0 Å². The third-order valence-corrected chi connectivity index (χ3v) is 8.49. The summed E-state index contributed by atoms with van der Waals surface area (Å²) in [5.41, 5.74) is 8.74. The lowest BCUT2D eigenvalue weighted by Crippen LogP contribution is -2.52. The van der Waals surface area contributed by atoms with Gasteiger partial charge in [0.15, 0.2) is 11.5 Å². The topological polar surface area (TPSA) is 121 Å². The number of benzene rings is 1. The van der Waals surface area contributed by atoms with E-state index in [1.54, 1.807) is 13.3 Å². The molecule has 0 aliphatic carbocycles. The van der Waals surface area contributed by atoms with Crippen LogP contribution in [0.25, 0.3) is 0 Å². The van der Waals surface area contributed by atoms with Crippen LogP contribution >= 0.6 is 0 Å². The van der Waals surface area contributed by atoms with Crippen molar-refractivity contribution in [2.45, 2.75) is 51.1 Å². The zero-order chi connectivity index (χ0) is 28.1. The Labute approximate surface area is 237 Å². The van der Waals surface area contributed by atoms with E-state index < -0.39 is 5.91 Å². The number of primary amides is 1. The molecule has 11 nitrogen and oxygen atoms in total. The SMILES string of the molecule is CCc1c(Nc2nc(NC3CCOCC3)cnc2C(N)=O)ccc(N2CCC(N3CCN(C)CC3)CC2)c1OC. The predicted octanol–water partition coefficient (Wildman–Crippen LogP) is 2.70. The van der Waals surface area contributed by atoms with E-state index in [1.165, 1.54) is 0 Å². The molecule has 3 aliphatic rings. The van der Waals surface area contributed by atoms with Crippen molar-refractivity contribution < 1.29 is 14.3 Å². The molecule has 11 heteroatoms. The molecular weight excluding hydrogens is 508 g/mol. The molecule has 5 rings (SSSR count). The van der Waals surface area contributed by atoms with Crippen LogP contribution in [0.3, 0.4) is 0 Å². The number of methoxy groups -OCH3 is 1. The number of hydrogen-bond donors (Lipinski definition) is 3. The van der Waals surface area contributed by atoms with E-state index in [0.717, 1.165) is 107 Å². The van der Waals surface area contributed by atoms with Gasteiger partial charge in [-0.2, -0.15) is 0 Å². The molecule has 3 saturated heterocycles. The van der Waals surface area contributed by atoms with E-state index in [-0.39, 0.29) is 11.7 Å². The second-order valence-electron chi connectivity index (χ2n) is 11.0. The molecule has 3 fully saturated rings. The molecule has 0 bridgehead atoms. The van der Waals surface area contributed by atoms with Crippen LogP contribution in [0.15, 0.2) is 18.3 Å². The number of likely N-dealkylation sites (N-methyl/N-ethyl adjacent to an activating group) is 1. The van der Waals surface area contributed by atoms with Crippen molar-refractivity contribution in [3.8, 4) is 5.75 Å². The fourth-order valence-electron chi connectivity index (χ4n) is 6.12. The third-order valence-electron chi connectivity index (χ3n) is 8.49. The van der Waals surface area contributed by atoms with Crippen LogP contribution in [0, 0.1) is 0 Å². The maximum Gasteiger partial charge on any atom is 0.271 e. The minimum Gasteiger partial charge on any atom is -0.494 e. The Hall–Kier alpha value is -3.15. The van der Waals surface area contributed by atoms with E-state index in [2.05, 4.69) is 50.4 Å². The number of carbonyl (C=O) groups is 1. The summed E-state index contributed by atoms with van der Waals surface area (Å²) in [4.78, 5) is 28.8. The molecule has 0 radical (unpaired) electrons.